The Morgan fingerprint density at radius 3 is 2.59 bits per heavy atom. The second kappa shape index (κ2) is 7.49. The molecule has 92 valence electrons. The van der Waals surface area contributed by atoms with E-state index in [0.29, 0.717) is 12.2 Å². The third-order valence-electron chi connectivity index (χ3n) is 2.35. The van der Waals surface area contributed by atoms with Gasteiger partial charge in [0.05, 0.1) is 19.3 Å². The van der Waals surface area contributed by atoms with Crippen LogP contribution in [0.15, 0.2) is 36.9 Å². The number of methoxy groups -OCH3 is 1. The standard InChI is InChI=1S/C14H18O3/c1-3-4-5-6-11-17-13-9-7-12(8-10-13)14(15)16-2/h3,7-10H,1,4-6,11H2,2H3. The molecule has 0 atom stereocenters. The van der Waals surface area contributed by atoms with Crippen LogP contribution in [0, 0.1) is 0 Å². The lowest BCUT2D eigenvalue weighted by Gasteiger charge is -2.06. The summed E-state index contributed by atoms with van der Waals surface area (Å²) in [5.74, 6) is 0.443. The highest BCUT2D eigenvalue weighted by atomic mass is 16.5. The van der Waals surface area contributed by atoms with Crippen molar-refractivity contribution in [1.29, 1.82) is 0 Å². The predicted octanol–water partition coefficient (Wildman–Crippen LogP) is 3.21. The van der Waals surface area contributed by atoms with Gasteiger partial charge < -0.3 is 9.47 Å². The van der Waals surface area contributed by atoms with Crippen LogP contribution < -0.4 is 4.74 Å². The van der Waals surface area contributed by atoms with E-state index in [9.17, 15) is 4.79 Å². The van der Waals surface area contributed by atoms with E-state index in [1.807, 2.05) is 6.08 Å². The predicted molar refractivity (Wildman–Crippen MR) is 67.3 cm³/mol. The molecule has 0 unspecified atom stereocenters. The summed E-state index contributed by atoms with van der Waals surface area (Å²) in [4.78, 5) is 11.2. The average Bonchev–Trinajstić information content (AvgIpc) is 2.38. The minimum absolute atomic E-state index is 0.331. The molecule has 0 heterocycles. The minimum Gasteiger partial charge on any atom is -0.494 e. The van der Waals surface area contributed by atoms with Gasteiger partial charge in [0.2, 0.25) is 0 Å². The number of benzene rings is 1. The van der Waals surface area contributed by atoms with Gasteiger partial charge in [-0.05, 0) is 43.5 Å². The first kappa shape index (κ1) is 13.3. The van der Waals surface area contributed by atoms with Gasteiger partial charge in [0.25, 0.3) is 0 Å². The molecule has 1 rings (SSSR count). The largest absolute Gasteiger partial charge is 0.494 e. The number of esters is 1. The summed E-state index contributed by atoms with van der Waals surface area (Å²) >= 11 is 0. The van der Waals surface area contributed by atoms with Gasteiger partial charge in [-0.25, -0.2) is 4.79 Å². The first-order valence-electron chi connectivity index (χ1n) is 5.70. The maximum absolute atomic E-state index is 11.2. The molecule has 0 aromatic heterocycles. The third-order valence-corrected chi connectivity index (χ3v) is 2.35. The summed E-state index contributed by atoms with van der Waals surface area (Å²) in [7, 11) is 1.37. The number of unbranched alkanes of at least 4 members (excludes halogenated alkanes) is 2. The number of hydrogen-bond acceptors (Lipinski definition) is 3. The van der Waals surface area contributed by atoms with E-state index in [1.54, 1.807) is 24.3 Å². The summed E-state index contributed by atoms with van der Waals surface area (Å²) in [6.07, 6.45) is 5.02. The average molecular weight is 234 g/mol. The van der Waals surface area contributed by atoms with Crippen LogP contribution in [-0.4, -0.2) is 19.7 Å². The second-order valence-electron chi connectivity index (χ2n) is 3.65. The molecule has 1 aromatic carbocycles. The molecular weight excluding hydrogens is 216 g/mol. The van der Waals surface area contributed by atoms with Crippen molar-refractivity contribution < 1.29 is 14.3 Å². The van der Waals surface area contributed by atoms with Crippen LogP contribution in [0.5, 0.6) is 5.75 Å². The molecule has 0 bridgehead atoms. The minimum atomic E-state index is -0.331. The Labute approximate surface area is 102 Å². The first-order chi connectivity index (χ1) is 8.27. The molecule has 0 aliphatic heterocycles. The number of allylic oxidation sites excluding steroid dienone is 1. The number of rotatable bonds is 7. The Bertz CT molecular complexity index is 354. The Kier molecular flexibility index (Phi) is 5.86. The summed E-state index contributed by atoms with van der Waals surface area (Å²) in [6, 6.07) is 6.95. The van der Waals surface area contributed by atoms with Crippen molar-refractivity contribution in [3.05, 3.63) is 42.5 Å². The fourth-order valence-electron chi connectivity index (χ4n) is 1.39. The maximum Gasteiger partial charge on any atom is 0.337 e. The van der Waals surface area contributed by atoms with Gasteiger partial charge >= 0.3 is 5.97 Å². The van der Waals surface area contributed by atoms with E-state index in [0.717, 1.165) is 25.0 Å². The van der Waals surface area contributed by atoms with Crippen molar-refractivity contribution in [1.82, 2.24) is 0 Å². The Morgan fingerprint density at radius 2 is 2.00 bits per heavy atom. The third kappa shape index (κ3) is 4.72. The van der Waals surface area contributed by atoms with Crippen molar-refractivity contribution in [3.63, 3.8) is 0 Å². The Balaban J connectivity index is 2.35. The molecule has 0 spiro atoms. The Morgan fingerprint density at radius 1 is 1.29 bits per heavy atom. The van der Waals surface area contributed by atoms with E-state index in [-0.39, 0.29) is 5.97 Å². The van der Waals surface area contributed by atoms with Crippen LogP contribution in [-0.2, 0) is 4.74 Å². The molecule has 0 radical (unpaired) electrons. The molecule has 3 nitrogen and oxygen atoms in total. The van der Waals surface area contributed by atoms with Crippen LogP contribution in [0.3, 0.4) is 0 Å². The van der Waals surface area contributed by atoms with Crippen LogP contribution in [0.25, 0.3) is 0 Å². The van der Waals surface area contributed by atoms with Crippen molar-refractivity contribution >= 4 is 5.97 Å². The Hall–Kier alpha value is -1.77. The topological polar surface area (TPSA) is 35.5 Å². The summed E-state index contributed by atoms with van der Waals surface area (Å²) < 4.78 is 10.1. The number of carbonyl (C=O) groups is 1. The van der Waals surface area contributed by atoms with E-state index in [4.69, 9.17) is 4.74 Å². The quantitative estimate of drug-likeness (QED) is 0.413. The molecule has 0 fully saturated rings. The summed E-state index contributed by atoms with van der Waals surface area (Å²) in [6.45, 7) is 4.35. The number of carbonyl (C=O) groups excluding carboxylic acids is 1. The maximum atomic E-state index is 11.2. The van der Waals surface area contributed by atoms with Gasteiger partial charge in [0.1, 0.15) is 5.75 Å². The van der Waals surface area contributed by atoms with Crippen LogP contribution >= 0.6 is 0 Å². The van der Waals surface area contributed by atoms with E-state index >= 15 is 0 Å². The van der Waals surface area contributed by atoms with Gasteiger partial charge in [0, 0.05) is 0 Å². The number of ether oxygens (including phenoxy) is 2. The zero-order chi connectivity index (χ0) is 12.5. The molecule has 1 aromatic rings. The van der Waals surface area contributed by atoms with E-state index < -0.39 is 0 Å². The summed E-state index contributed by atoms with van der Waals surface area (Å²) in [5.41, 5.74) is 0.534. The highest BCUT2D eigenvalue weighted by molar-refractivity contribution is 5.89. The van der Waals surface area contributed by atoms with Gasteiger partial charge in [0.15, 0.2) is 0 Å². The molecular formula is C14H18O3. The normalized spacial score (nSPS) is 9.71. The number of hydrogen-bond donors (Lipinski definition) is 0. The monoisotopic (exact) mass is 234 g/mol. The zero-order valence-corrected chi connectivity index (χ0v) is 10.1. The SMILES string of the molecule is C=CCCCCOc1ccc(C(=O)OC)cc1. The lowest BCUT2D eigenvalue weighted by Crippen LogP contribution is -2.01. The van der Waals surface area contributed by atoms with E-state index in [1.165, 1.54) is 7.11 Å². The van der Waals surface area contributed by atoms with Crippen molar-refractivity contribution in [2.45, 2.75) is 19.3 Å². The smallest absolute Gasteiger partial charge is 0.337 e. The second-order valence-corrected chi connectivity index (χ2v) is 3.65. The van der Waals surface area contributed by atoms with Gasteiger partial charge in [-0.3, -0.25) is 0 Å². The molecule has 17 heavy (non-hydrogen) atoms. The van der Waals surface area contributed by atoms with E-state index in [2.05, 4.69) is 11.3 Å². The van der Waals surface area contributed by atoms with Gasteiger partial charge in [-0.2, -0.15) is 0 Å². The van der Waals surface area contributed by atoms with Crippen LogP contribution in [0.1, 0.15) is 29.6 Å². The molecule has 0 amide bonds. The summed E-state index contributed by atoms with van der Waals surface area (Å²) in [5, 5.41) is 0. The molecule has 0 aliphatic rings. The first-order valence-corrected chi connectivity index (χ1v) is 5.70. The lowest BCUT2D eigenvalue weighted by molar-refractivity contribution is 0.0600. The van der Waals surface area contributed by atoms with Crippen molar-refractivity contribution in [2.24, 2.45) is 0 Å². The van der Waals surface area contributed by atoms with Crippen LogP contribution in [0.2, 0.25) is 0 Å². The molecule has 0 saturated carbocycles. The highest BCUT2D eigenvalue weighted by Crippen LogP contribution is 2.13. The molecule has 0 N–H and O–H groups in total. The fraction of sp³-hybridized carbons (Fsp3) is 0.357. The lowest BCUT2D eigenvalue weighted by atomic mass is 10.2. The van der Waals surface area contributed by atoms with Crippen molar-refractivity contribution in [3.8, 4) is 5.75 Å². The van der Waals surface area contributed by atoms with Gasteiger partial charge in [-0.1, -0.05) is 6.08 Å². The van der Waals surface area contributed by atoms with Crippen LogP contribution in [0.4, 0.5) is 0 Å². The molecule has 0 aliphatic carbocycles. The van der Waals surface area contributed by atoms with Crippen molar-refractivity contribution in [2.75, 3.05) is 13.7 Å². The fourth-order valence-corrected chi connectivity index (χ4v) is 1.39. The zero-order valence-electron chi connectivity index (χ0n) is 10.1. The van der Waals surface area contributed by atoms with Gasteiger partial charge in [-0.15, -0.1) is 6.58 Å². The molecule has 3 heteroatoms. The molecule has 0 saturated heterocycles. The highest BCUT2D eigenvalue weighted by Gasteiger charge is 2.04.